The van der Waals surface area contributed by atoms with Crippen LogP contribution in [0.25, 0.3) is 10.9 Å². The number of nitrogens with zero attached hydrogens (tertiary/aromatic N) is 3. The van der Waals surface area contributed by atoms with Crippen molar-refractivity contribution in [2.75, 3.05) is 38.8 Å². The van der Waals surface area contributed by atoms with E-state index in [9.17, 15) is 13.2 Å². The second-order valence-electron chi connectivity index (χ2n) is 7.20. The predicted octanol–water partition coefficient (Wildman–Crippen LogP) is 1.22. The molecule has 1 fully saturated rings. The van der Waals surface area contributed by atoms with Gasteiger partial charge in [-0.25, -0.2) is 14.7 Å². The van der Waals surface area contributed by atoms with Crippen molar-refractivity contribution in [3.8, 4) is 11.5 Å². The number of piperidine rings is 1. The molecule has 0 unspecified atom stereocenters. The zero-order valence-electron chi connectivity index (χ0n) is 17.3. The van der Waals surface area contributed by atoms with E-state index in [2.05, 4.69) is 19.6 Å². The molecular weight excluding hydrogens is 410 g/mol. The first-order valence-electron chi connectivity index (χ1n) is 9.72. The highest BCUT2D eigenvalue weighted by molar-refractivity contribution is 7.88. The van der Waals surface area contributed by atoms with Gasteiger partial charge in [0.1, 0.15) is 12.1 Å². The van der Waals surface area contributed by atoms with Crippen molar-refractivity contribution in [2.24, 2.45) is 5.92 Å². The molecule has 0 atom stereocenters. The van der Waals surface area contributed by atoms with E-state index in [1.165, 1.54) is 0 Å². The highest BCUT2D eigenvalue weighted by Gasteiger charge is 2.23. The minimum absolute atomic E-state index is 0.292. The maximum absolute atomic E-state index is 11.7. The summed E-state index contributed by atoms with van der Waals surface area (Å²) >= 11 is 0. The topological polar surface area (TPSA) is 123 Å². The van der Waals surface area contributed by atoms with Gasteiger partial charge in [0, 0.05) is 38.0 Å². The summed E-state index contributed by atoms with van der Waals surface area (Å²) in [6.07, 6.45) is 4.09. The van der Waals surface area contributed by atoms with Crippen LogP contribution in [-0.2, 0) is 15.0 Å². The number of rotatable bonds is 8. The first-order chi connectivity index (χ1) is 14.3. The smallest absolute Gasteiger partial charge is 0.301 e. The van der Waals surface area contributed by atoms with Gasteiger partial charge in [0.05, 0.1) is 19.7 Å². The molecule has 0 spiro atoms. The molecule has 30 heavy (non-hydrogen) atoms. The number of hydrogen-bond donors (Lipinski definition) is 2. The molecule has 2 aromatic rings. The van der Waals surface area contributed by atoms with Crippen molar-refractivity contribution in [3.63, 3.8) is 0 Å². The summed E-state index contributed by atoms with van der Waals surface area (Å²) in [6, 6.07) is 3.74. The minimum atomic E-state index is -3.77. The predicted molar refractivity (Wildman–Crippen MR) is 113 cm³/mol. The van der Waals surface area contributed by atoms with Gasteiger partial charge in [-0.15, -0.1) is 0 Å². The Morgan fingerprint density at radius 2 is 1.83 bits per heavy atom. The van der Waals surface area contributed by atoms with E-state index in [-0.39, 0.29) is 0 Å². The fraction of sp³-hybridized carbons (Fsp3) is 0.526. The summed E-state index contributed by atoms with van der Waals surface area (Å²) in [5.41, 5.74) is 0.784. The Morgan fingerprint density at radius 1 is 1.17 bits per heavy atom. The lowest BCUT2D eigenvalue weighted by molar-refractivity contribution is -0.117. The van der Waals surface area contributed by atoms with Gasteiger partial charge < -0.3 is 14.4 Å². The van der Waals surface area contributed by atoms with Gasteiger partial charge in [-0.2, -0.15) is 13.1 Å². The molecule has 11 heteroatoms. The Morgan fingerprint density at radius 3 is 2.47 bits per heavy atom. The lowest BCUT2D eigenvalue weighted by atomic mass is 9.93. The molecular formula is C19H27N5O5S. The van der Waals surface area contributed by atoms with Crippen molar-refractivity contribution in [1.29, 1.82) is 0 Å². The number of carbonyl (C=O) groups is 1. The standard InChI is InChI=1S/C19H27N5O5S/c1-13(25)23-30(26,27)22-7-4-14-5-8-24(9-6-14)19-15-10-17(28-2)18(29-3)11-16(15)20-12-21-19/h10-12,14,22H,4-9H2,1-3H3,(H,23,25). The van der Waals surface area contributed by atoms with Gasteiger partial charge in [-0.05, 0) is 31.2 Å². The third-order valence-electron chi connectivity index (χ3n) is 5.16. The molecule has 1 aliphatic heterocycles. The first kappa shape index (κ1) is 22.0. The second-order valence-corrected chi connectivity index (χ2v) is 8.70. The molecule has 3 rings (SSSR count). The summed E-state index contributed by atoms with van der Waals surface area (Å²) in [5, 5.41) is 0.900. The largest absolute Gasteiger partial charge is 0.493 e. The van der Waals surface area contributed by atoms with Crippen LogP contribution in [0.3, 0.4) is 0 Å². The van der Waals surface area contributed by atoms with Crippen LogP contribution >= 0.6 is 0 Å². The van der Waals surface area contributed by atoms with Gasteiger partial charge >= 0.3 is 10.2 Å². The molecule has 2 heterocycles. The molecule has 10 nitrogen and oxygen atoms in total. The Bertz CT molecular complexity index is 1010. The Labute approximate surface area is 176 Å². The first-order valence-corrected chi connectivity index (χ1v) is 11.2. The van der Waals surface area contributed by atoms with Crippen LogP contribution < -0.4 is 23.8 Å². The van der Waals surface area contributed by atoms with Gasteiger partial charge in [-0.1, -0.05) is 0 Å². The normalized spacial score (nSPS) is 15.2. The molecule has 1 saturated heterocycles. The number of amides is 1. The van der Waals surface area contributed by atoms with Crippen LogP contribution in [0.15, 0.2) is 18.5 Å². The van der Waals surface area contributed by atoms with Crippen molar-refractivity contribution in [1.82, 2.24) is 19.4 Å². The number of aromatic nitrogens is 2. The van der Waals surface area contributed by atoms with E-state index in [1.807, 2.05) is 16.9 Å². The monoisotopic (exact) mass is 437 g/mol. The van der Waals surface area contributed by atoms with Crippen molar-refractivity contribution < 1.29 is 22.7 Å². The van der Waals surface area contributed by atoms with Crippen LogP contribution in [0.5, 0.6) is 11.5 Å². The van der Waals surface area contributed by atoms with Crippen LogP contribution in [0, 0.1) is 5.92 Å². The summed E-state index contributed by atoms with van der Waals surface area (Å²) in [6.45, 7) is 3.07. The van der Waals surface area contributed by atoms with Crippen molar-refractivity contribution in [2.45, 2.75) is 26.2 Å². The summed E-state index contributed by atoms with van der Waals surface area (Å²) in [4.78, 5) is 22.0. The fourth-order valence-corrected chi connectivity index (χ4v) is 4.51. The second kappa shape index (κ2) is 9.43. The van der Waals surface area contributed by atoms with E-state index in [4.69, 9.17) is 9.47 Å². The number of fused-ring (bicyclic) bond motifs is 1. The van der Waals surface area contributed by atoms with Crippen LogP contribution in [0.2, 0.25) is 0 Å². The summed E-state index contributed by atoms with van der Waals surface area (Å²) in [7, 11) is -0.585. The maximum atomic E-state index is 11.7. The Hall–Kier alpha value is -2.66. The van der Waals surface area contributed by atoms with Crippen LogP contribution in [0.1, 0.15) is 26.2 Å². The molecule has 0 bridgehead atoms. The van der Waals surface area contributed by atoms with Gasteiger partial charge in [0.2, 0.25) is 5.91 Å². The number of benzene rings is 1. The number of carbonyl (C=O) groups excluding carboxylic acids is 1. The molecule has 2 N–H and O–H groups in total. The number of nitrogens with one attached hydrogen (secondary N) is 2. The van der Waals surface area contributed by atoms with Gasteiger partial charge in [0.15, 0.2) is 11.5 Å². The van der Waals surface area contributed by atoms with E-state index in [0.29, 0.717) is 30.4 Å². The molecule has 1 aromatic heterocycles. The number of methoxy groups -OCH3 is 2. The van der Waals surface area contributed by atoms with E-state index in [1.54, 1.807) is 20.5 Å². The van der Waals surface area contributed by atoms with Crippen LogP contribution in [-0.4, -0.2) is 58.1 Å². The number of ether oxygens (including phenoxy) is 2. The average molecular weight is 438 g/mol. The van der Waals surface area contributed by atoms with E-state index >= 15 is 0 Å². The molecule has 1 amide bonds. The molecule has 164 valence electrons. The Kier molecular flexibility index (Phi) is 6.93. The van der Waals surface area contributed by atoms with Crippen LogP contribution in [0.4, 0.5) is 5.82 Å². The SMILES string of the molecule is COc1cc2ncnc(N3CCC(CCNS(=O)(=O)NC(C)=O)CC3)c2cc1OC. The highest BCUT2D eigenvalue weighted by Crippen LogP contribution is 2.35. The average Bonchev–Trinajstić information content (AvgIpc) is 2.71. The lowest BCUT2D eigenvalue weighted by Gasteiger charge is -2.33. The lowest BCUT2D eigenvalue weighted by Crippen LogP contribution is -2.40. The molecule has 0 aliphatic carbocycles. The third kappa shape index (κ3) is 5.28. The van der Waals surface area contributed by atoms with E-state index < -0.39 is 16.1 Å². The number of hydrogen-bond acceptors (Lipinski definition) is 8. The molecule has 0 saturated carbocycles. The van der Waals surface area contributed by atoms with Crippen molar-refractivity contribution >= 4 is 32.8 Å². The molecule has 1 aromatic carbocycles. The summed E-state index contributed by atoms with van der Waals surface area (Å²) in [5.74, 6) is 1.88. The quantitative estimate of drug-likeness (QED) is 0.632. The minimum Gasteiger partial charge on any atom is -0.493 e. The zero-order valence-corrected chi connectivity index (χ0v) is 18.2. The van der Waals surface area contributed by atoms with E-state index in [0.717, 1.165) is 49.6 Å². The highest BCUT2D eigenvalue weighted by atomic mass is 32.2. The zero-order chi connectivity index (χ0) is 21.7. The third-order valence-corrected chi connectivity index (χ3v) is 6.30. The van der Waals surface area contributed by atoms with Gasteiger partial charge in [-0.3, -0.25) is 4.79 Å². The summed E-state index contributed by atoms with van der Waals surface area (Å²) < 4.78 is 38.4. The number of anilines is 1. The molecule has 0 radical (unpaired) electrons. The molecule has 1 aliphatic rings. The van der Waals surface area contributed by atoms with Gasteiger partial charge in [0.25, 0.3) is 0 Å². The Balaban J connectivity index is 1.62. The maximum Gasteiger partial charge on any atom is 0.301 e. The van der Waals surface area contributed by atoms with Crippen molar-refractivity contribution in [3.05, 3.63) is 18.5 Å². The fourth-order valence-electron chi connectivity index (χ4n) is 3.68.